The van der Waals surface area contributed by atoms with Crippen LogP contribution in [0.2, 0.25) is 0 Å². The Labute approximate surface area is 97.3 Å². The summed E-state index contributed by atoms with van der Waals surface area (Å²) in [4.78, 5) is 6.74. The van der Waals surface area contributed by atoms with Crippen LogP contribution in [-0.2, 0) is 6.54 Å². The number of halogens is 1. The molecule has 86 valence electrons. The van der Waals surface area contributed by atoms with E-state index >= 15 is 0 Å². The minimum atomic E-state index is 0. The third kappa shape index (κ3) is 3.21. The van der Waals surface area contributed by atoms with Crippen LogP contribution in [0.5, 0.6) is 0 Å². The maximum Gasteiger partial charge on any atom is 0.191 e. The number of nitrogens with zero attached hydrogens (tertiary/aromatic N) is 2. The molecule has 3 nitrogen and oxygen atoms in total. The minimum absolute atomic E-state index is 0. The van der Waals surface area contributed by atoms with Crippen molar-refractivity contribution in [3.8, 4) is 0 Å². The molecular formula is C11H19ClN2O. The van der Waals surface area contributed by atoms with Gasteiger partial charge in [0.2, 0.25) is 0 Å². The lowest BCUT2D eigenvalue weighted by molar-refractivity contribution is 0.203. The van der Waals surface area contributed by atoms with Crippen molar-refractivity contribution in [1.82, 2.24) is 9.88 Å². The van der Waals surface area contributed by atoms with Crippen LogP contribution < -0.4 is 0 Å². The molecule has 1 fully saturated rings. The summed E-state index contributed by atoms with van der Waals surface area (Å²) in [6.45, 7) is 7.29. The monoisotopic (exact) mass is 230 g/mol. The van der Waals surface area contributed by atoms with Crippen molar-refractivity contribution in [1.29, 1.82) is 0 Å². The first kappa shape index (κ1) is 12.5. The van der Waals surface area contributed by atoms with Gasteiger partial charge in [-0.25, -0.2) is 4.98 Å². The second-order valence-corrected chi connectivity index (χ2v) is 4.08. The zero-order valence-corrected chi connectivity index (χ0v) is 10.3. The molecule has 0 bridgehead atoms. The van der Waals surface area contributed by atoms with Crippen LogP contribution in [0.15, 0.2) is 4.42 Å². The third-order valence-corrected chi connectivity index (χ3v) is 2.82. The maximum absolute atomic E-state index is 5.56. The highest BCUT2D eigenvalue weighted by molar-refractivity contribution is 5.85. The lowest BCUT2D eigenvalue weighted by Crippen LogP contribution is -2.29. The molecule has 0 unspecified atom stereocenters. The molecule has 0 amide bonds. The van der Waals surface area contributed by atoms with Gasteiger partial charge in [-0.1, -0.05) is 6.42 Å². The van der Waals surface area contributed by atoms with Crippen LogP contribution >= 0.6 is 12.4 Å². The number of aromatic nitrogens is 1. The molecule has 1 aliphatic rings. The highest BCUT2D eigenvalue weighted by Gasteiger charge is 2.14. The Balaban J connectivity index is 0.00000112. The topological polar surface area (TPSA) is 29.3 Å². The van der Waals surface area contributed by atoms with Gasteiger partial charge in [0, 0.05) is 6.92 Å². The van der Waals surface area contributed by atoms with Gasteiger partial charge in [0.25, 0.3) is 0 Å². The lowest BCUT2D eigenvalue weighted by atomic mass is 10.1. The van der Waals surface area contributed by atoms with Gasteiger partial charge in [0.1, 0.15) is 5.76 Å². The number of oxazole rings is 1. The summed E-state index contributed by atoms with van der Waals surface area (Å²) in [5.74, 6) is 1.83. The van der Waals surface area contributed by atoms with Gasteiger partial charge < -0.3 is 4.42 Å². The van der Waals surface area contributed by atoms with Gasteiger partial charge in [0.15, 0.2) is 5.89 Å². The Bertz CT molecular complexity index is 306. The van der Waals surface area contributed by atoms with Crippen molar-refractivity contribution in [2.45, 2.75) is 39.7 Å². The summed E-state index contributed by atoms with van der Waals surface area (Å²) >= 11 is 0. The first-order chi connectivity index (χ1) is 6.75. The summed E-state index contributed by atoms with van der Waals surface area (Å²) in [5, 5.41) is 0. The summed E-state index contributed by atoms with van der Waals surface area (Å²) in [7, 11) is 0. The molecular weight excluding hydrogens is 212 g/mol. The van der Waals surface area contributed by atoms with Crippen LogP contribution in [0.3, 0.4) is 0 Å². The lowest BCUT2D eigenvalue weighted by Gasteiger charge is -2.25. The predicted octanol–water partition coefficient (Wildman–Crippen LogP) is 2.70. The van der Waals surface area contributed by atoms with Crippen molar-refractivity contribution in [3.63, 3.8) is 0 Å². The molecule has 0 saturated carbocycles. The highest BCUT2D eigenvalue weighted by atomic mass is 35.5. The van der Waals surface area contributed by atoms with Crippen LogP contribution in [-0.4, -0.2) is 23.0 Å². The van der Waals surface area contributed by atoms with E-state index in [9.17, 15) is 0 Å². The SMILES string of the molecule is Cc1nc(C)c(CN2CCCCC2)o1.Cl. The van der Waals surface area contributed by atoms with E-state index in [0.29, 0.717) is 0 Å². The number of hydrogen-bond acceptors (Lipinski definition) is 3. The summed E-state index contributed by atoms with van der Waals surface area (Å²) in [5.41, 5.74) is 1.05. The van der Waals surface area contributed by atoms with Crippen molar-refractivity contribution in [3.05, 3.63) is 17.3 Å². The van der Waals surface area contributed by atoms with Gasteiger partial charge in [-0.2, -0.15) is 0 Å². The molecule has 0 N–H and O–H groups in total. The van der Waals surface area contributed by atoms with Crippen molar-refractivity contribution in [2.75, 3.05) is 13.1 Å². The number of likely N-dealkylation sites (tertiary alicyclic amines) is 1. The zero-order chi connectivity index (χ0) is 9.97. The third-order valence-electron chi connectivity index (χ3n) is 2.82. The van der Waals surface area contributed by atoms with Crippen molar-refractivity contribution >= 4 is 12.4 Å². The Morgan fingerprint density at radius 3 is 2.40 bits per heavy atom. The van der Waals surface area contributed by atoms with Gasteiger partial charge in [-0.05, 0) is 32.9 Å². The summed E-state index contributed by atoms with van der Waals surface area (Å²) in [6, 6.07) is 0. The number of piperidine rings is 1. The normalized spacial score (nSPS) is 17.5. The molecule has 1 saturated heterocycles. The number of hydrogen-bond donors (Lipinski definition) is 0. The van der Waals surface area contributed by atoms with E-state index in [0.717, 1.165) is 23.9 Å². The molecule has 2 heterocycles. The molecule has 2 rings (SSSR count). The fourth-order valence-corrected chi connectivity index (χ4v) is 2.04. The zero-order valence-electron chi connectivity index (χ0n) is 9.45. The predicted molar refractivity (Wildman–Crippen MR) is 62.4 cm³/mol. The standard InChI is InChI=1S/C11H18N2O.ClH/c1-9-11(14-10(2)12-9)8-13-6-4-3-5-7-13;/h3-8H2,1-2H3;1H. The van der Waals surface area contributed by atoms with E-state index in [4.69, 9.17) is 4.42 Å². The van der Waals surface area contributed by atoms with E-state index in [2.05, 4.69) is 9.88 Å². The van der Waals surface area contributed by atoms with Gasteiger partial charge >= 0.3 is 0 Å². The van der Waals surface area contributed by atoms with E-state index in [1.54, 1.807) is 0 Å². The maximum atomic E-state index is 5.56. The fraction of sp³-hybridized carbons (Fsp3) is 0.727. The molecule has 0 spiro atoms. The Morgan fingerprint density at radius 2 is 1.87 bits per heavy atom. The fourth-order valence-electron chi connectivity index (χ4n) is 2.04. The van der Waals surface area contributed by atoms with Crippen LogP contribution in [0.25, 0.3) is 0 Å². The summed E-state index contributed by atoms with van der Waals surface area (Å²) < 4.78 is 5.56. The average molecular weight is 231 g/mol. The molecule has 0 radical (unpaired) electrons. The molecule has 0 aliphatic carbocycles. The molecule has 4 heteroatoms. The van der Waals surface area contributed by atoms with Crippen LogP contribution in [0, 0.1) is 13.8 Å². The molecule has 0 aromatic carbocycles. The molecule has 1 aliphatic heterocycles. The number of rotatable bonds is 2. The number of aryl methyl sites for hydroxylation is 2. The first-order valence-corrected chi connectivity index (χ1v) is 5.41. The highest BCUT2D eigenvalue weighted by Crippen LogP contribution is 2.16. The quantitative estimate of drug-likeness (QED) is 0.783. The second kappa shape index (κ2) is 5.52. The van der Waals surface area contributed by atoms with Gasteiger partial charge in [0.05, 0.1) is 12.2 Å². The van der Waals surface area contributed by atoms with Crippen molar-refractivity contribution in [2.24, 2.45) is 0 Å². The second-order valence-electron chi connectivity index (χ2n) is 4.08. The van der Waals surface area contributed by atoms with Crippen LogP contribution in [0.4, 0.5) is 0 Å². The Hall–Kier alpha value is -0.540. The van der Waals surface area contributed by atoms with E-state index in [1.165, 1.54) is 32.4 Å². The van der Waals surface area contributed by atoms with Crippen molar-refractivity contribution < 1.29 is 4.42 Å². The van der Waals surface area contributed by atoms with Gasteiger partial charge in [-0.3, -0.25) is 4.90 Å². The average Bonchev–Trinajstić information content (AvgIpc) is 2.47. The van der Waals surface area contributed by atoms with E-state index in [1.807, 2.05) is 13.8 Å². The largest absolute Gasteiger partial charge is 0.444 e. The smallest absolute Gasteiger partial charge is 0.191 e. The first-order valence-electron chi connectivity index (χ1n) is 5.41. The van der Waals surface area contributed by atoms with Gasteiger partial charge in [-0.15, -0.1) is 12.4 Å². The molecule has 15 heavy (non-hydrogen) atoms. The molecule has 0 atom stereocenters. The molecule has 1 aromatic heterocycles. The Kier molecular flexibility index (Phi) is 4.61. The van der Waals surface area contributed by atoms with E-state index < -0.39 is 0 Å². The molecule has 1 aromatic rings. The van der Waals surface area contributed by atoms with E-state index in [-0.39, 0.29) is 12.4 Å². The van der Waals surface area contributed by atoms with Crippen LogP contribution in [0.1, 0.15) is 36.6 Å². The summed E-state index contributed by atoms with van der Waals surface area (Å²) in [6.07, 6.45) is 4.03. The Morgan fingerprint density at radius 1 is 1.20 bits per heavy atom. The minimum Gasteiger partial charge on any atom is -0.444 e.